The van der Waals surface area contributed by atoms with Crippen LogP contribution in [0.4, 0.5) is 26.3 Å². The van der Waals surface area contributed by atoms with Gasteiger partial charge in [0.05, 0.1) is 11.1 Å². The molecular weight excluding hydrogens is 292 g/mol. The van der Waals surface area contributed by atoms with Gasteiger partial charge in [-0.05, 0) is 18.2 Å². The van der Waals surface area contributed by atoms with Crippen molar-refractivity contribution in [3.8, 4) is 11.4 Å². The molecule has 0 aliphatic carbocycles. The minimum atomic E-state index is -4.95. The topological polar surface area (TPSA) is 61.5 Å². The first-order valence-electron chi connectivity index (χ1n) is 5.02. The fourth-order valence-corrected chi connectivity index (χ4v) is 1.50. The molecule has 0 saturated heterocycles. The van der Waals surface area contributed by atoms with Crippen LogP contribution in [0.3, 0.4) is 0 Å². The third kappa shape index (κ3) is 2.83. The molecule has 0 amide bonds. The molecule has 1 aromatic carbocycles. The van der Waals surface area contributed by atoms with Gasteiger partial charge in [-0.3, -0.25) is 4.98 Å². The maximum absolute atomic E-state index is 12.6. The summed E-state index contributed by atoms with van der Waals surface area (Å²) in [4.78, 5) is 12.8. The Labute approximate surface area is 106 Å². The zero-order valence-corrected chi connectivity index (χ0v) is 9.36. The van der Waals surface area contributed by atoms with E-state index in [9.17, 15) is 31.1 Å². The van der Waals surface area contributed by atoms with E-state index in [4.69, 9.17) is 0 Å². The van der Waals surface area contributed by atoms with Crippen LogP contribution in [0, 0.1) is 0 Å². The van der Waals surface area contributed by atoms with Gasteiger partial charge >= 0.3 is 18.0 Å². The molecular formula is C10H5F6N3O. The summed E-state index contributed by atoms with van der Waals surface area (Å²) in [6.45, 7) is 0. The minimum absolute atomic E-state index is 0.00569. The van der Waals surface area contributed by atoms with Crippen molar-refractivity contribution < 1.29 is 26.3 Å². The van der Waals surface area contributed by atoms with Crippen molar-refractivity contribution in [2.24, 2.45) is 0 Å². The zero-order valence-electron chi connectivity index (χ0n) is 9.36. The van der Waals surface area contributed by atoms with Crippen molar-refractivity contribution in [2.45, 2.75) is 12.4 Å². The third-order valence-electron chi connectivity index (χ3n) is 2.36. The third-order valence-corrected chi connectivity index (χ3v) is 2.36. The van der Waals surface area contributed by atoms with E-state index in [-0.39, 0.29) is 6.07 Å². The highest BCUT2D eigenvalue weighted by atomic mass is 19.4. The lowest BCUT2D eigenvalue weighted by atomic mass is 10.0. The molecule has 4 nitrogen and oxygen atoms in total. The molecule has 2 aromatic rings. The average molecular weight is 297 g/mol. The van der Waals surface area contributed by atoms with E-state index in [0.717, 1.165) is 0 Å². The van der Waals surface area contributed by atoms with E-state index < -0.39 is 40.6 Å². The van der Waals surface area contributed by atoms with Gasteiger partial charge in [0.1, 0.15) is 0 Å². The fourth-order valence-electron chi connectivity index (χ4n) is 1.50. The maximum Gasteiger partial charge on any atom is 0.416 e. The maximum atomic E-state index is 12.6. The summed E-state index contributed by atoms with van der Waals surface area (Å²) in [5.74, 6) is -0.411. The number of hydrogen-bond donors (Lipinski definition) is 2. The second-order valence-corrected chi connectivity index (χ2v) is 3.82. The van der Waals surface area contributed by atoms with E-state index >= 15 is 0 Å². The fraction of sp³-hybridized carbons (Fsp3) is 0.200. The number of nitrogens with zero attached hydrogens (tertiary/aromatic N) is 1. The number of halogens is 6. The highest BCUT2D eigenvalue weighted by molar-refractivity contribution is 5.58. The number of nitrogens with one attached hydrogen (secondary N) is 2. The highest BCUT2D eigenvalue weighted by Gasteiger charge is 2.37. The molecule has 20 heavy (non-hydrogen) atoms. The van der Waals surface area contributed by atoms with Gasteiger partial charge in [-0.2, -0.15) is 31.4 Å². The smallest absolute Gasteiger partial charge is 0.289 e. The lowest BCUT2D eigenvalue weighted by molar-refractivity contribution is -0.143. The number of benzene rings is 1. The molecule has 0 unspecified atom stereocenters. The summed E-state index contributed by atoms with van der Waals surface area (Å²) in [5.41, 5.74) is -4.30. The highest BCUT2D eigenvalue weighted by Crippen LogP contribution is 2.37. The average Bonchev–Trinajstić information content (AvgIpc) is 2.73. The summed E-state index contributed by atoms with van der Waals surface area (Å²) in [6.07, 6.45) is -9.90. The predicted molar refractivity (Wildman–Crippen MR) is 54.6 cm³/mol. The second kappa shape index (κ2) is 4.39. The minimum Gasteiger partial charge on any atom is -0.289 e. The Morgan fingerprint density at radius 2 is 1.40 bits per heavy atom. The Morgan fingerprint density at radius 3 is 1.75 bits per heavy atom. The first-order chi connectivity index (χ1) is 9.07. The van der Waals surface area contributed by atoms with Crippen molar-refractivity contribution in [3.05, 3.63) is 39.8 Å². The van der Waals surface area contributed by atoms with Crippen molar-refractivity contribution >= 4 is 0 Å². The molecule has 0 aliphatic heterocycles. The van der Waals surface area contributed by atoms with Gasteiger partial charge in [-0.15, -0.1) is 0 Å². The van der Waals surface area contributed by atoms with Gasteiger partial charge in [0.25, 0.3) is 0 Å². The molecule has 10 heteroatoms. The Morgan fingerprint density at radius 1 is 0.900 bits per heavy atom. The molecule has 0 atom stereocenters. The van der Waals surface area contributed by atoms with E-state index in [1.54, 1.807) is 0 Å². The molecule has 108 valence electrons. The van der Waals surface area contributed by atoms with Gasteiger partial charge in [0.2, 0.25) is 0 Å². The van der Waals surface area contributed by atoms with Gasteiger partial charge in [0.15, 0.2) is 5.82 Å². The zero-order chi connectivity index (χ0) is 15.1. The molecule has 0 fully saturated rings. The lowest BCUT2D eigenvalue weighted by Gasteiger charge is -2.13. The number of hydrogen-bond acceptors (Lipinski definition) is 2. The molecule has 1 aromatic heterocycles. The number of aromatic nitrogens is 3. The van der Waals surface area contributed by atoms with Gasteiger partial charge < -0.3 is 0 Å². The Bertz CT molecular complexity index is 649. The first-order valence-corrected chi connectivity index (χ1v) is 5.02. The number of H-pyrrole nitrogens is 2. The SMILES string of the molecule is O=c1[nH]nc(-c2cc(C(F)(F)F)cc(C(F)(F)F)c2)[nH]1. The monoisotopic (exact) mass is 297 g/mol. The Hall–Kier alpha value is -2.26. The molecule has 0 aliphatic rings. The molecule has 2 N–H and O–H groups in total. The molecule has 0 radical (unpaired) electrons. The second-order valence-electron chi connectivity index (χ2n) is 3.82. The van der Waals surface area contributed by atoms with Gasteiger partial charge in [0, 0.05) is 5.56 Å². The largest absolute Gasteiger partial charge is 0.416 e. The summed E-state index contributed by atoms with van der Waals surface area (Å²) in [7, 11) is 0. The van der Waals surface area contributed by atoms with E-state index in [0.29, 0.717) is 12.1 Å². The van der Waals surface area contributed by atoms with Crippen LogP contribution in [-0.2, 0) is 12.4 Å². The number of alkyl halides is 6. The van der Waals surface area contributed by atoms with Crippen LogP contribution < -0.4 is 5.69 Å². The molecule has 0 spiro atoms. The van der Waals surface area contributed by atoms with E-state index in [1.807, 2.05) is 10.1 Å². The van der Waals surface area contributed by atoms with Gasteiger partial charge in [-0.25, -0.2) is 9.89 Å². The lowest BCUT2D eigenvalue weighted by Crippen LogP contribution is -2.11. The van der Waals surface area contributed by atoms with Crippen molar-refractivity contribution in [1.82, 2.24) is 15.2 Å². The summed E-state index contributed by atoms with van der Waals surface area (Å²) >= 11 is 0. The van der Waals surface area contributed by atoms with Crippen LogP contribution in [0.2, 0.25) is 0 Å². The van der Waals surface area contributed by atoms with Crippen LogP contribution in [0.5, 0.6) is 0 Å². The molecule has 1 heterocycles. The molecule has 0 saturated carbocycles. The number of rotatable bonds is 1. The molecule has 0 bridgehead atoms. The van der Waals surface area contributed by atoms with Crippen LogP contribution in [-0.4, -0.2) is 15.2 Å². The number of aromatic amines is 2. The van der Waals surface area contributed by atoms with Crippen LogP contribution in [0.25, 0.3) is 11.4 Å². The Balaban J connectivity index is 2.66. The standard InChI is InChI=1S/C10H5F6N3O/c11-9(12,13)5-1-4(7-17-8(20)19-18-7)2-6(3-5)10(14,15)16/h1-3H,(H2,17,18,19,20). The first kappa shape index (κ1) is 14.2. The predicted octanol–water partition coefficient (Wildman–Crippen LogP) is 2.80. The van der Waals surface area contributed by atoms with Crippen molar-refractivity contribution in [3.63, 3.8) is 0 Å². The van der Waals surface area contributed by atoms with Crippen molar-refractivity contribution in [1.29, 1.82) is 0 Å². The quantitative estimate of drug-likeness (QED) is 0.795. The summed E-state index contributed by atoms with van der Waals surface area (Å²) in [5, 5.41) is 5.16. The van der Waals surface area contributed by atoms with Gasteiger partial charge in [-0.1, -0.05) is 0 Å². The summed E-state index contributed by atoms with van der Waals surface area (Å²) in [6, 6.07) is 0.941. The summed E-state index contributed by atoms with van der Waals surface area (Å²) < 4.78 is 75.5. The van der Waals surface area contributed by atoms with Crippen molar-refractivity contribution in [2.75, 3.05) is 0 Å². The normalized spacial score (nSPS) is 12.7. The van der Waals surface area contributed by atoms with Crippen LogP contribution in [0.15, 0.2) is 23.0 Å². The Kier molecular flexibility index (Phi) is 3.11. The van der Waals surface area contributed by atoms with Crippen LogP contribution in [0.1, 0.15) is 11.1 Å². The van der Waals surface area contributed by atoms with E-state index in [1.165, 1.54) is 0 Å². The molecule has 2 rings (SSSR count). The van der Waals surface area contributed by atoms with E-state index in [2.05, 4.69) is 5.10 Å². The van der Waals surface area contributed by atoms with Crippen LogP contribution >= 0.6 is 0 Å².